The van der Waals surface area contributed by atoms with Crippen LogP contribution in [0.15, 0.2) is 0 Å². The van der Waals surface area contributed by atoms with Crippen molar-refractivity contribution in [3.05, 3.63) is 11.6 Å². The fraction of sp³-hybridized carbons (Fsp3) is 0.857. The van der Waals surface area contributed by atoms with Gasteiger partial charge in [0.15, 0.2) is 0 Å². The van der Waals surface area contributed by atoms with Crippen molar-refractivity contribution >= 4 is 0 Å². The minimum absolute atomic E-state index is 0.501. The van der Waals surface area contributed by atoms with Crippen LogP contribution in [0.1, 0.15) is 57.1 Å². The molecule has 2 aliphatic rings. The lowest BCUT2D eigenvalue weighted by Gasteiger charge is -2.22. The zero-order valence-corrected chi connectivity index (χ0v) is 11.5. The van der Waals surface area contributed by atoms with Gasteiger partial charge >= 0.3 is 0 Å². The van der Waals surface area contributed by atoms with Gasteiger partial charge in [-0.3, -0.25) is 0 Å². The maximum absolute atomic E-state index is 5.79. The van der Waals surface area contributed by atoms with Gasteiger partial charge in [-0.05, 0) is 37.0 Å². The molecule has 2 aliphatic carbocycles. The third-order valence-electron chi connectivity index (χ3n) is 4.66. The minimum Gasteiger partial charge on any atom is -0.324 e. The molecule has 0 radical (unpaired) electrons. The first kappa shape index (κ1) is 12.2. The van der Waals surface area contributed by atoms with E-state index in [1.807, 2.05) is 0 Å². The van der Waals surface area contributed by atoms with Gasteiger partial charge < -0.3 is 10.3 Å². The van der Waals surface area contributed by atoms with Crippen molar-refractivity contribution in [1.82, 2.24) is 14.8 Å². The van der Waals surface area contributed by atoms with E-state index in [0.29, 0.717) is 18.4 Å². The number of hydrogen-bond acceptors (Lipinski definition) is 3. The van der Waals surface area contributed by atoms with Crippen LogP contribution in [0, 0.1) is 17.8 Å². The molecule has 100 valence electrons. The SMILES string of the molecule is CC(C)Cn1c(CN)nnc1C1CC2CCC1C2. The van der Waals surface area contributed by atoms with Gasteiger partial charge in [-0.25, -0.2) is 0 Å². The summed E-state index contributed by atoms with van der Waals surface area (Å²) in [6.07, 6.45) is 5.56. The van der Waals surface area contributed by atoms with Gasteiger partial charge in [0, 0.05) is 12.5 Å². The van der Waals surface area contributed by atoms with E-state index in [-0.39, 0.29) is 0 Å². The third kappa shape index (κ3) is 1.96. The molecule has 2 N–H and O–H groups in total. The molecule has 2 bridgehead atoms. The highest BCUT2D eigenvalue weighted by atomic mass is 15.3. The Morgan fingerprint density at radius 3 is 2.67 bits per heavy atom. The van der Waals surface area contributed by atoms with Crippen molar-refractivity contribution in [3.8, 4) is 0 Å². The Kier molecular flexibility index (Phi) is 3.14. The molecular formula is C14H24N4. The van der Waals surface area contributed by atoms with Crippen molar-refractivity contribution in [2.45, 2.75) is 58.5 Å². The van der Waals surface area contributed by atoms with E-state index in [0.717, 1.165) is 24.2 Å². The van der Waals surface area contributed by atoms with Gasteiger partial charge in [0.2, 0.25) is 0 Å². The molecule has 1 aromatic heterocycles. The van der Waals surface area contributed by atoms with E-state index in [1.54, 1.807) is 0 Å². The molecule has 0 amide bonds. The Morgan fingerprint density at radius 1 is 1.28 bits per heavy atom. The molecular weight excluding hydrogens is 224 g/mol. The number of fused-ring (bicyclic) bond motifs is 2. The fourth-order valence-corrected chi connectivity index (χ4v) is 3.90. The molecule has 2 saturated carbocycles. The lowest BCUT2D eigenvalue weighted by molar-refractivity contribution is 0.381. The van der Waals surface area contributed by atoms with Crippen LogP contribution in [0.3, 0.4) is 0 Å². The predicted octanol–water partition coefficient (Wildman–Crippen LogP) is 2.30. The maximum atomic E-state index is 5.79. The number of aromatic nitrogens is 3. The lowest BCUT2D eigenvalue weighted by Crippen LogP contribution is -2.19. The first-order valence-electron chi connectivity index (χ1n) is 7.31. The summed E-state index contributed by atoms with van der Waals surface area (Å²) in [6, 6.07) is 0. The highest BCUT2D eigenvalue weighted by Gasteiger charge is 2.42. The molecule has 1 heterocycles. The summed E-state index contributed by atoms with van der Waals surface area (Å²) in [6.45, 7) is 5.99. The van der Waals surface area contributed by atoms with E-state index in [4.69, 9.17) is 5.73 Å². The average Bonchev–Trinajstić information content (AvgIpc) is 3.01. The Hall–Kier alpha value is -0.900. The van der Waals surface area contributed by atoms with Crippen LogP contribution in [0.4, 0.5) is 0 Å². The monoisotopic (exact) mass is 248 g/mol. The molecule has 4 nitrogen and oxygen atoms in total. The molecule has 3 rings (SSSR count). The van der Waals surface area contributed by atoms with Crippen molar-refractivity contribution in [1.29, 1.82) is 0 Å². The van der Waals surface area contributed by atoms with Crippen molar-refractivity contribution in [2.24, 2.45) is 23.5 Å². The standard InChI is InChI=1S/C14H24N4/c1-9(2)8-18-13(7-15)16-17-14(18)12-6-10-3-4-11(12)5-10/h9-12H,3-8,15H2,1-2H3. The number of rotatable bonds is 4. The molecule has 0 aliphatic heterocycles. The smallest absolute Gasteiger partial charge is 0.146 e. The summed E-state index contributed by atoms with van der Waals surface area (Å²) in [7, 11) is 0. The Balaban J connectivity index is 1.89. The number of hydrogen-bond donors (Lipinski definition) is 1. The normalized spacial score (nSPS) is 30.6. The summed E-state index contributed by atoms with van der Waals surface area (Å²) in [5.41, 5.74) is 5.79. The van der Waals surface area contributed by atoms with Crippen LogP contribution in [-0.4, -0.2) is 14.8 Å². The third-order valence-corrected chi connectivity index (χ3v) is 4.66. The Bertz CT molecular complexity index is 423. The number of nitrogens with zero attached hydrogens (tertiary/aromatic N) is 3. The van der Waals surface area contributed by atoms with Gasteiger partial charge in [-0.15, -0.1) is 10.2 Å². The average molecular weight is 248 g/mol. The lowest BCUT2D eigenvalue weighted by atomic mass is 9.88. The molecule has 1 aromatic rings. The van der Waals surface area contributed by atoms with Crippen LogP contribution in [-0.2, 0) is 13.1 Å². The van der Waals surface area contributed by atoms with E-state index in [9.17, 15) is 0 Å². The van der Waals surface area contributed by atoms with Gasteiger partial charge in [0.1, 0.15) is 11.6 Å². The van der Waals surface area contributed by atoms with Gasteiger partial charge in [0.05, 0.1) is 6.54 Å². The van der Waals surface area contributed by atoms with Crippen molar-refractivity contribution in [2.75, 3.05) is 0 Å². The van der Waals surface area contributed by atoms with E-state index in [2.05, 4.69) is 28.6 Å². The van der Waals surface area contributed by atoms with Crippen LogP contribution < -0.4 is 5.73 Å². The molecule has 4 heteroatoms. The van der Waals surface area contributed by atoms with Crippen molar-refractivity contribution in [3.63, 3.8) is 0 Å². The van der Waals surface area contributed by atoms with Crippen LogP contribution in [0.5, 0.6) is 0 Å². The zero-order chi connectivity index (χ0) is 12.7. The fourth-order valence-electron chi connectivity index (χ4n) is 3.90. The van der Waals surface area contributed by atoms with E-state index < -0.39 is 0 Å². The number of nitrogens with two attached hydrogens (primary N) is 1. The Labute approximate surface area is 109 Å². The van der Waals surface area contributed by atoms with E-state index in [1.165, 1.54) is 31.5 Å². The summed E-state index contributed by atoms with van der Waals surface area (Å²) >= 11 is 0. The van der Waals surface area contributed by atoms with Crippen LogP contribution >= 0.6 is 0 Å². The second kappa shape index (κ2) is 4.65. The largest absolute Gasteiger partial charge is 0.324 e. The zero-order valence-electron chi connectivity index (χ0n) is 11.5. The molecule has 3 atom stereocenters. The first-order chi connectivity index (χ1) is 8.69. The topological polar surface area (TPSA) is 56.7 Å². The second-order valence-corrected chi connectivity index (χ2v) is 6.46. The first-order valence-corrected chi connectivity index (χ1v) is 7.31. The van der Waals surface area contributed by atoms with Crippen LogP contribution in [0.2, 0.25) is 0 Å². The summed E-state index contributed by atoms with van der Waals surface area (Å²) < 4.78 is 2.30. The van der Waals surface area contributed by atoms with Gasteiger partial charge in [-0.1, -0.05) is 20.3 Å². The van der Waals surface area contributed by atoms with Crippen molar-refractivity contribution < 1.29 is 0 Å². The van der Waals surface area contributed by atoms with E-state index >= 15 is 0 Å². The molecule has 0 spiro atoms. The van der Waals surface area contributed by atoms with Gasteiger partial charge in [0.25, 0.3) is 0 Å². The second-order valence-electron chi connectivity index (χ2n) is 6.46. The maximum Gasteiger partial charge on any atom is 0.146 e. The highest BCUT2D eigenvalue weighted by molar-refractivity contribution is 5.10. The molecule has 0 saturated heterocycles. The molecule has 0 aromatic carbocycles. The van der Waals surface area contributed by atoms with Gasteiger partial charge in [-0.2, -0.15) is 0 Å². The summed E-state index contributed by atoms with van der Waals surface area (Å²) in [5.74, 6) is 5.25. The predicted molar refractivity (Wildman–Crippen MR) is 70.9 cm³/mol. The summed E-state index contributed by atoms with van der Waals surface area (Å²) in [5, 5.41) is 8.78. The highest BCUT2D eigenvalue weighted by Crippen LogP contribution is 2.52. The van der Waals surface area contributed by atoms with Crippen LogP contribution in [0.25, 0.3) is 0 Å². The molecule has 3 unspecified atom stereocenters. The minimum atomic E-state index is 0.501. The Morgan fingerprint density at radius 2 is 2.11 bits per heavy atom. The molecule has 18 heavy (non-hydrogen) atoms. The quantitative estimate of drug-likeness (QED) is 0.889. The molecule has 2 fully saturated rings. The summed E-state index contributed by atoms with van der Waals surface area (Å²) in [4.78, 5) is 0.